The molecule has 3 nitrogen and oxygen atoms in total. The Bertz CT molecular complexity index is 360. The minimum absolute atomic E-state index is 0.101. The fourth-order valence-corrected chi connectivity index (χ4v) is 1.82. The summed E-state index contributed by atoms with van der Waals surface area (Å²) in [6.07, 6.45) is 0. The summed E-state index contributed by atoms with van der Waals surface area (Å²) in [6.45, 7) is 1.60. The van der Waals surface area contributed by atoms with Crippen LogP contribution >= 0.6 is 11.8 Å². The van der Waals surface area contributed by atoms with Crippen LogP contribution in [0.1, 0.15) is 6.92 Å². The van der Waals surface area contributed by atoms with E-state index in [1.807, 2.05) is 0 Å². The molecule has 0 heterocycles. The van der Waals surface area contributed by atoms with E-state index in [-0.39, 0.29) is 30.1 Å². The molecule has 16 heavy (non-hydrogen) atoms. The Morgan fingerprint density at radius 1 is 1.56 bits per heavy atom. The van der Waals surface area contributed by atoms with Crippen molar-refractivity contribution in [3.05, 3.63) is 30.1 Å². The summed E-state index contributed by atoms with van der Waals surface area (Å²) in [5.41, 5.74) is 0. The van der Waals surface area contributed by atoms with Crippen molar-refractivity contribution in [2.75, 3.05) is 12.4 Å². The lowest BCUT2D eigenvalue weighted by Crippen LogP contribution is -2.36. The number of carbonyl (C=O) groups excluding carboxylic acids is 1. The van der Waals surface area contributed by atoms with Gasteiger partial charge in [0, 0.05) is 10.9 Å². The van der Waals surface area contributed by atoms with E-state index in [2.05, 4.69) is 5.32 Å². The lowest BCUT2D eigenvalue weighted by atomic mass is 10.3. The van der Waals surface area contributed by atoms with Crippen LogP contribution in [0.3, 0.4) is 0 Å². The third-order valence-corrected chi connectivity index (χ3v) is 2.93. The minimum atomic E-state index is -0.324. The van der Waals surface area contributed by atoms with Crippen LogP contribution in [-0.4, -0.2) is 29.4 Å². The third kappa shape index (κ3) is 4.20. The topological polar surface area (TPSA) is 49.3 Å². The number of aliphatic hydroxyl groups is 1. The smallest absolute Gasteiger partial charge is 0.230 e. The summed E-state index contributed by atoms with van der Waals surface area (Å²) < 4.78 is 13.2. The van der Waals surface area contributed by atoms with Crippen molar-refractivity contribution in [1.82, 2.24) is 5.32 Å². The van der Waals surface area contributed by atoms with Gasteiger partial charge in [-0.15, -0.1) is 11.8 Å². The van der Waals surface area contributed by atoms with Crippen LogP contribution in [0.25, 0.3) is 0 Å². The van der Waals surface area contributed by atoms with E-state index >= 15 is 0 Å². The van der Waals surface area contributed by atoms with E-state index in [9.17, 15) is 9.18 Å². The molecule has 5 heteroatoms. The highest BCUT2D eigenvalue weighted by atomic mass is 32.2. The van der Waals surface area contributed by atoms with Crippen LogP contribution in [0.5, 0.6) is 0 Å². The number of nitrogens with one attached hydrogen (secondary N) is 1. The summed E-state index contributed by atoms with van der Waals surface area (Å²) in [7, 11) is 0. The maximum absolute atomic E-state index is 13.2. The second-order valence-corrected chi connectivity index (χ2v) is 4.39. The molecule has 1 amide bonds. The third-order valence-electron chi connectivity index (χ3n) is 1.88. The van der Waals surface area contributed by atoms with E-state index in [1.54, 1.807) is 25.1 Å². The van der Waals surface area contributed by atoms with Crippen molar-refractivity contribution >= 4 is 17.7 Å². The first-order valence-corrected chi connectivity index (χ1v) is 5.89. The van der Waals surface area contributed by atoms with Gasteiger partial charge in [0.25, 0.3) is 0 Å². The second-order valence-electron chi connectivity index (χ2n) is 3.37. The first kappa shape index (κ1) is 13.0. The molecule has 2 N–H and O–H groups in total. The molecule has 88 valence electrons. The largest absolute Gasteiger partial charge is 0.394 e. The highest BCUT2D eigenvalue weighted by Crippen LogP contribution is 2.20. The number of amides is 1. The zero-order chi connectivity index (χ0) is 12.0. The Hall–Kier alpha value is -1.07. The fourth-order valence-electron chi connectivity index (χ4n) is 1.07. The predicted molar refractivity (Wildman–Crippen MR) is 61.8 cm³/mol. The molecule has 0 saturated heterocycles. The molecule has 1 aromatic carbocycles. The summed E-state index contributed by atoms with van der Waals surface area (Å²) in [6, 6.07) is 6.04. The standard InChI is InChI=1S/C11H14FNO2S/c1-8(6-14)13-11(15)7-16-10-5-3-2-4-9(10)12/h2-5,8,14H,6-7H2,1H3,(H,13,15)/t8-/m0/s1. The van der Waals surface area contributed by atoms with Crippen LogP contribution in [-0.2, 0) is 4.79 Å². The van der Waals surface area contributed by atoms with Gasteiger partial charge in [-0.25, -0.2) is 4.39 Å². The lowest BCUT2D eigenvalue weighted by Gasteiger charge is -2.10. The molecule has 0 spiro atoms. The van der Waals surface area contributed by atoms with Gasteiger partial charge in [-0.05, 0) is 19.1 Å². The van der Waals surface area contributed by atoms with Gasteiger partial charge in [0.05, 0.1) is 12.4 Å². The molecule has 0 fully saturated rings. The molecule has 0 aliphatic carbocycles. The Balaban J connectivity index is 2.40. The van der Waals surface area contributed by atoms with Crippen LogP contribution < -0.4 is 5.32 Å². The van der Waals surface area contributed by atoms with E-state index in [1.165, 1.54) is 6.07 Å². The maximum Gasteiger partial charge on any atom is 0.230 e. The molecule has 0 aliphatic heterocycles. The average molecular weight is 243 g/mol. The predicted octanol–water partition coefficient (Wildman–Crippen LogP) is 1.41. The SMILES string of the molecule is C[C@@H](CO)NC(=O)CSc1ccccc1F. The van der Waals surface area contributed by atoms with Crippen molar-refractivity contribution in [3.8, 4) is 0 Å². The van der Waals surface area contributed by atoms with Gasteiger partial charge >= 0.3 is 0 Å². The highest BCUT2D eigenvalue weighted by molar-refractivity contribution is 8.00. The van der Waals surface area contributed by atoms with Gasteiger partial charge in [0.15, 0.2) is 0 Å². The summed E-state index contributed by atoms with van der Waals surface area (Å²) in [5.74, 6) is -0.393. The average Bonchev–Trinajstić information content (AvgIpc) is 2.28. The quantitative estimate of drug-likeness (QED) is 0.769. The monoisotopic (exact) mass is 243 g/mol. The van der Waals surface area contributed by atoms with E-state index in [0.717, 1.165) is 11.8 Å². The number of benzene rings is 1. The summed E-state index contributed by atoms with van der Waals surface area (Å²) in [4.78, 5) is 11.8. The fraction of sp³-hybridized carbons (Fsp3) is 0.364. The second kappa shape index (κ2) is 6.50. The number of halogens is 1. The zero-order valence-electron chi connectivity index (χ0n) is 8.94. The molecular formula is C11H14FNO2S. The van der Waals surface area contributed by atoms with Crippen LogP contribution in [0.4, 0.5) is 4.39 Å². The van der Waals surface area contributed by atoms with E-state index in [4.69, 9.17) is 5.11 Å². The van der Waals surface area contributed by atoms with Gasteiger partial charge in [-0.3, -0.25) is 4.79 Å². The van der Waals surface area contributed by atoms with Crippen molar-refractivity contribution in [3.63, 3.8) is 0 Å². The van der Waals surface area contributed by atoms with Crippen molar-refractivity contribution in [2.45, 2.75) is 17.9 Å². The first-order valence-electron chi connectivity index (χ1n) is 4.91. The molecule has 0 radical (unpaired) electrons. The molecule has 1 rings (SSSR count). The molecule has 0 unspecified atom stereocenters. The zero-order valence-corrected chi connectivity index (χ0v) is 9.76. The number of thioether (sulfide) groups is 1. The molecule has 0 aliphatic rings. The molecule has 0 aromatic heterocycles. The van der Waals surface area contributed by atoms with Crippen LogP contribution in [0, 0.1) is 5.82 Å². The Kier molecular flexibility index (Phi) is 5.28. The Morgan fingerprint density at radius 2 is 2.25 bits per heavy atom. The highest BCUT2D eigenvalue weighted by Gasteiger charge is 2.08. The Morgan fingerprint density at radius 3 is 2.88 bits per heavy atom. The number of aliphatic hydroxyl groups excluding tert-OH is 1. The van der Waals surface area contributed by atoms with Gasteiger partial charge in [-0.1, -0.05) is 12.1 Å². The molecule has 1 aromatic rings. The number of rotatable bonds is 5. The van der Waals surface area contributed by atoms with E-state index in [0.29, 0.717) is 4.90 Å². The lowest BCUT2D eigenvalue weighted by molar-refractivity contribution is -0.119. The first-order chi connectivity index (χ1) is 7.63. The van der Waals surface area contributed by atoms with Crippen LogP contribution in [0.15, 0.2) is 29.2 Å². The van der Waals surface area contributed by atoms with Gasteiger partial charge in [0.1, 0.15) is 5.82 Å². The molecule has 0 bridgehead atoms. The van der Waals surface area contributed by atoms with Gasteiger partial charge in [0.2, 0.25) is 5.91 Å². The summed E-state index contributed by atoms with van der Waals surface area (Å²) >= 11 is 1.14. The number of hydrogen-bond donors (Lipinski definition) is 2. The summed E-state index contributed by atoms with van der Waals surface area (Å²) in [5, 5.41) is 11.3. The van der Waals surface area contributed by atoms with Crippen molar-refractivity contribution in [2.24, 2.45) is 0 Å². The van der Waals surface area contributed by atoms with Crippen molar-refractivity contribution in [1.29, 1.82) is 0 Å². The van der Waals surface area contributed by atoms with Crippen molar-refractivity contribution < 1.29 is 14.3 Å². The number of hydrogen-bond acceptors (Lipinski definition) is 3. The normalized spacial score (nSPS) is 12.2. The van der Waals surface area contributed by atoms with Gasteiger partial charge < -0.3 is 10.4 Å². The molecule has 0 saturated carbocycles. The Labute approximate surface area is 98.1 Å². The minimum Gasteiger partial charge on any atom is -0.394 e. The maximum atomic E-state index is 13.2. The number of carbonyl (C=O) groups is 1. The molecular weight excluding hydrogens is 229 g/mol. The molecule has 1 atom stereocenters. The van der Waals surface area contributed by atoms with Crippen LogP contribution in [0.2, 0.25) is 0 Å². The van der Waals surface area contributed by atoms with E-state index < -0.39 is 0 Å². The van der Waals surface area contributed by atoms with Gasteiger partial charge in [-0.2, -0.15) is 0 Å².